The Morgan fingerprint density at radius 1 is 0.926 bits per heavy atom. The minimum absolute atomic E-state index is 0.248. The number of carbonyl (C=O) groups excluding carboxylic acids is 2. The van der Waals surface area contributed by atoms with Crippen molar-refractivity contribution in [3.63, 3.8) is 0 Å². The third kappa shape index (κ3) is 3.44. The van der Waals surface area contributed by atoms with Gasteiger partial charge in [-0.3, -0.25) is 4.79 Å². The second kappa shape index (κ2) is 7.25. The third-order valence-corrected chi connectivity index (χ3v) is 4.74. The zero-order chi connectivity index (χ0) is 18.8. The first kappa shape index (κ1) is 17.3. The molecule has 4 nitrogen and oxygen atoms in total. The molecule has 1 atom stereocenters. The lowest BCUT2D eigenvalue weighted by atomic mass is 10.1. The predicted octanol–water partition coefficient (Wildman–Crippen LogP) is 4.78. The molecule has 0 saturated carbocycles. The number of amides is 1. The van der Waals surface area contributed by atoms with Crippen LogP contribution in [0.4, 0.5) is 5.69 Å². The fourth-order valence-electron chi connectivity index (χ4n) is 3.15. The van der Waals surface area contributed by atoms with E-state index in [1.54, 1.807) is 29.2 Å². The number of carbonyl (C=O) groups is 2. The van der Waals surface area contributed by atoms with Crippen molar-refractivity contribution in [1.29, 1.82) is 0 Å². The van der Waals surface area contributed by atoms with E-state index in [0.29, 0.717) is 22.7 Å². The molecule has 1 aliphatic rings. The Morgan fingerprint density at radius 3 is 2.33 bits per heavy atom. The van der Waals surface area contributed by atoms with Gasteiger partial charge >= 0.3 is 5.97 Å². The average molecular weight is 378 g/mol. The summed E-state index contributed by atoms with van der Waals surface area (Å²) in [5.41, 5.74) is 2.82. The van der Waals surface area contributed by atoms with Gasteiger partial charge in [0.05, 0.1) is 17.8 Å². The third-order valence-electron chi connectivity index (χ3n) is 4.49. The molecule has 0 spiro atoms. The van der Waals surface area contributed by atoms with Gasteiger partial charge in [0.25, 0.3) is 5.91 Å². The van der Waals surface area contributed by atoms with Crippen molar-refractivity contribution >= 4 is 29.2 Å². The number of esters is 1. The fraction of sp³-hybridized carbons (Fsp3) is 0.0909. The van der Waals surface area contributed by atoms with Crippen LogP contribution in [0, 0.1) is 0 Å². The number of para-hydroxylation sites is 1. The Morgan fingerprint density at radius 2 is 1.59 bits per heavy atom. The second-order valence-corrected chi connectivity index (χ2v) is 6.70. The maximum atomic E-state index is 13.0. The molecule has 0 bridgehead atoms. The SMILES string of the molecule is O=C(O[C@@H]1C(=O)N(Cc2ccccc2)c2ccccc21)c1ccc(Cl)cc1. The number of nitrogens with zero attached hydrogens (tertiary/aromatic N) is 1. The first-order valence-electron chi connectivity index (χ1n) is 8.54. The number of rotatable bonds is 4. The Labute approximate surface area is 161 Å². The summed E-state index contributed by atoms with van der Waals surface area (Å²) < 4.78 is 5.57. The zero-order valence-corrected chi connectivity index (χ0v) is 15.1. The number of benzene rings is 3. The molecule has 134 valence electrons. The molecule has 27 heavy (non-hydrogen) atoms. The Bertz CT molecular complexity index is 986. The van der Waals surface area contributed by atoms with E-state index >= 15 is 0 Å². The number of ether oxygens (including phenoxy) is 1. The highest BCUT2D eigenvalue weighted by Gasteiger charge is 2.39. The molecule has 3 aromatic carbocycles. The van der Waals surface area contributed by atoms with E-state index in [4.69, 9.17) is 16.3 Å². The second-order valence-electron chi connectivity index (χ2n) is 6.26. The average Bonchev–Trinajstić information content (AvgIpc) is 2.95. The first-order chi connectivity index (χ1) is 13.1. The summed E-state index contributed by atoms with van der Waals surface area (Å²) in [6.07, 6.45) is -0.951. The van der Waals surface area contributed by atoms with Gasteiger partial charge in [0.2, 0.25) is 6.10 Å². The highest BCUT2D eigenvalue weighted by Crippen LogP contribution is 2.39. The van der Waals surface area contributed by atoms with Crippen molar-refractivity contribution in [1.82, 2.24) is 0 Å². The van der Waals surface area contributed by atoms with E-state index in [2.05, 4.69) is 0 Å². The zero-order valence-electron chi connectivity index (χ0n) is 14.3. The van der Waals surface area contributed by atoms with E-state index < -0.39 is 12.1 Å². The van der Waals surface area contributed by atoms with Gasteiger partial charge in [0.1, 0.15) is 0 Å². The van der Waals surface area contributed by atoms with Crippen LogP contribution in [0.15, 0.2) is 78.9 Å². The summed E-state index contributed by atoms with van der Waals surface area (Å²) in [6, 6.07) is 23.5. The van der Waals surface area contributed by atoms with Gasteiger partial charge in [-0.1, -0.05) is 60.1 Å². The van der Waals surface area contributed by atoms with Gasteiger partial charge in [-0.15, -0.1) is 0 Å². The topological polar surface area (TPSA) is 46.6 Å². The standard InChI is InChI=1S/C22H16ClNO3/c23-17-12-10-16(11-13-17)22(26)27-20-18-8-4-5-9-19(18)24(21(20)25)14-15-6-2-1-3-7-15/h1-13,20H,14H2/t20-/m0/s1. The summed E-state index contributed by atoms with van der Waals surface area (Å²) in [5, 5.41) is 0.530. The molecular formula is C22H16ClNO3. The molecule has 0 unspecified atom stereocenters. The molecule has 3 aromatic rings. The highest BCUT2D eigenvalue weighted by atomic mass is 35.5. The van der Waals surface area contributed by atoms with Crippen molar-refractivity contribution in [2.45, 2.75) is 12.6 Å². The van der Waals surface area contributed by atoms with Crippen LogP contribution < -0.4 is 4.90 Å². The lowest BCUT2D eigenvalue weighted by Crippen LogP contribution is -2.30. The normalized spacial score (nSPS) is 15.5. The van der Waals surface area contributed by atoms with Crippen molar-refractivity contribution in [3.05, 3.63) is 101 Å². The van der Waals surface area contributed by atoms with Crippen LogP contribution in [0.25, 0.3) is 0 Å². The largest absolute Gasteiger partial charge is 0.444 e. The van der Waals surface area contributed by atoms with Gasteiger partial charge in [-0.25, -0.2) is 4.79 Å². The summed E-state index contributed by atoms with van der Waals surface area (Å²) in [4.78, 5) is 27.2. The van der Waals surface area contributed by atoms with Gasteiger partial charge in [-0.2, -0.15) is 0 Å². The quantitative estimate of drug-likeness (QED) is 0.614. The van der Waals surface area contributed by atoms with Crippen molar-refractivity contribution < 1.29 is 14.3 Å². The van der Waals surface area contributed by atoms with Crippen LogP contribution in [0.3, 0.4) is 0 Å². The maximum absolute atomic E-state index is 13.0. The van der Waals surface area contributed by atoms with E-state index in [-0.39, 0.29) is 5.91 Å². The highest BCUT2D eigenvalue weighted by molar-refractivity contribution is 6.30. The molecule has 0 radical (unpaired) electrons. The van der Waals surface area contributed by atoms with Crippen molar-refractivity contribution in [2.24, 2.45) is 0 Å². The minimum atomic E-state index is -0.951. The molecule has 0 aromatic heterocycles. The fourth-order valence-corrected chi connectivity index (χ4v) is 3.28. The molecule has 0 aliphatic carbocycles. The monoisotopic (exact) mass is 377 g/mol. The Kier molecular flexibility index (Phi) is 4.65. The van der Waals surface area contributed by atoms with E-state index in [0.717, 1.165) is 11.3 Å². The lowest BCUT2D eigenvalue weighted by Gasteiger charge is -2.18. The number of hydrogen-bond acceptors (Lipinski definition) is 3. The summed E-state index contributed by atoms with van der Waals surface area (Å²) >= 11 is 5.86. The molecule has 0 N–H and O–H groups in total. The van der Waals surface area contributed by atoms with Gasteiger partial charge < -0.3 is 9.64 Å². The summed E-state index contributed by atoms with van der Waals surface area (Å²) in [5.74, 6) is -0.802. The Balaban J connectivity index is 1.61. The van der Waals surface area contributed by atoms with E-state index in [1.165, 1.54) is 0 Å². The smallest absolute Gasteiger partial charge is 0.339 e. The maximum Gasteiger partial charge on any atom is 0.339 e. The molecular weight excluding hydrogens is 362 g/mol. The van der Waals surface area contributed by atoms with Crippen LogP contribution in [0.2, 0.25) is 5.02 Å². The van der Waals surface area contributed by atoms with Gasteiger partial charge in [-0.05, 0) is 35.9 Å². The van der Waals surface area contributed by atoms with Crippen molar-refractivity contribution in [3.8, 4) is 0 Å². The summed E-state index contributed by atoms with van der Waals surface area (Å²) in [7, 11) is 0. The minimum Gasteiger partial charge on any atom is -0.444 e. The van der Waals surface area contributed by atoms with Crippen LogP contribution in [-0.4, -0.2) is 11.9 Å². The number of anilines is 1. The van der Waals surface area contributed by atoms with Crippen LogP contribution >= 0.6 is 11.6 Å². The first-order valence-corrected chi connectivity index (χ1v) is 8.92. The van der Waals surface area contributed by atoms with Gasteiger partial charge in [0, 0.05) is 10.6 Å². The van der Waals surface area contributed by atoms with Crippen LogP contribution in [-0.2, 0) is 16.1 Å². The number of fused-ring (bicyclic) bond motifs is 1. The van der Waals surface area contributed by atoms with Gasteiger partial charge in [0.15, 0.2) is 0 Å². The summed E-state index contributed by atoms with van der Waals surface area (Å²) in [6.45, 7) is 0.422. The number of hydrogen-bond donors (Lipinski definition) is 0. The molecule has 4 rings (SSSR count). The van der Waals surface area contributed by atoms with Crippen LogP contribution in [0.5, 0.6) is 0 Å². The van der Waals surface area contributed by atoms with Crippen molar-refractivity contribution in [2.75, 3.05) is 4.90 Å². The molecule has 0 saturated heterocycles. The van der Waals surface area contributed by atoms with E-state index in [9.17, 15) is 9.59 Å². The Hall–Kier alpha value is -3.11. The number of halogens is 1. The molecule has 1 amide bonds. The predicted molar refractivity (Wildman–Crippen MR) is 104 cm³/mol. The molecule has 1 heterocycles. The molecule has 5 heteroatoms. The molecule has 1 aliphatic heterocycles. The van der Waals surface area contributed by atoms with E-state index in [1.807, 2.05) is 54.6 Å². The molecule has 0 fully saturated rings. The lowest BCUT2D eigenvalue weighted by molar-refractivity contribution is -0.126. The van der Waals surface area contributed by atoms with Crippen LogP contribution in [0.1, 0.15) is 27.6 Å².